The van der Waals surface area contributed by atoms with Gasteiger partial charge in [0.2, 0.25) is 5.91 Å². The highest BCUT2D eigenvalue weighted by molar-refractivity contribution is 5.76. The first-order valence-electron chi connectivity index (χ1n) is 26.1. The van der Waals surface area contributed by atoms with Crippen molar-refractivity contribution >= 4 is 11.9 Å². The smallest absolute Gasteiger partial charge is 0.305 e. The summed E-state index contributed by atoms with van der Waals surface area (Å²) < 4.78 is 5.42. The van der Waals surface area contributed by atoms with Gasteiger partial charge in [0, 0.05) is 12.8 Å². The minimum Gasteiger partial charge on any atom is -0.466 e. The first kappa shape index (κ1) is 57.3. The van der Waals surface area contributed by atoms with Crippen LogP contribution in [0.25, 0.3) is 0 Å². The number of unbranched alkanes of at least 4 members (excludes halogenated alkanes) is 33. The molecule has 2 atom stereocenters. The van der Waals surface area contributed by atoms with Crippen LogP contribution in [-0.4, -0.2) is 47.4 Å². The predicted octanol–water partition coefficient (Wildman–Crippen LogP) is 15.5. The second kappa shape index (κ2) is 49.0. The van der Waals surface area contributed by atoms with Crippen molar-refractivity contribution in [3.63, 3.8) is 0 Å². The van der Waals surface area contributed by atoms with Gasteiger partial charge in [0.05, 0.1) is 25.4 Å². The molecule has 0 bridgehead atoms. The molecule has 3 N–H and O–H groups in total. The molecule has 2 unspecified atom stereocenters. The summed E-state index contributed by atoms with van der Waals surface area (Å²) in [6, 6.07) is -0.563. The Labute approximate surface area is 367 Å². The molecule has 0 aliphatic rings. The Kier molecular flexibility index (Phi) is 47.6. The van der Waals surface area contributed by atoms with E-state index in [-0.39, 0.29) is 18.5 Å². The maximum Gasteiger partial charge on any atom is 0.305 e. The van der Waals surface area contributed by atoms with Crippen LogP contribution in [0.3, 0.4) is 0 Å². The van der Waals surface area contributed by atoms with Crippen molar-refractivity contribution in [3.8, 4) is 0 Å². The van der Waals surface area contributed by atoms with Crippen molar-refractivity contribution in [2.24, 2.45) is 0 Å². The van der Waals surface area contributed by atoms with E-state index < -0.39 is 12.1 Å². The minimum atomic E-state index is -0.683. The van der Waals surface area contributed by atoms with Crippen LogP contribution in [0, 0.1) is 0 Å². The molecule has 6 nitrogen and oxygen atoms in total. The number of amides is 1. The molecule has 59 heavy (non-hydrogen) atoms. The maximum atomic E-state index is 12.5. The topological polar surface area (TPSA) is 95.9 Å². The molecule has 0 heterocycles. The summed E-state index contributed by atoms with van der Waals surface area (Å²) in [4.78, 5) is 24.4. The Morgan fingerprint density at radius 3 is 1.22 bits per heavy atom. The Hall–Kier alpha value is -1.66. The molecule has 0 spiro atoms. The minimum absolute atomic E-state index is 0.0403. The zero-order valence-corrected chi connectivity index (χ0v) is 39.5. The molecular weight excluding hydrogens is 731 g/mol. The van der Waals surface area contributed by atoms with E-state index in [1.165, 1.54) is 161 Å². The van der Waals surface area contributed by atoms with E-state index in [4.69, 9.17) is 4.74 Å². The Morgan fingerprint density at radius 1 is 0.458 bits per heavy atom. The molecule has 1 amide bonds. The van der Waals surface area contributed by atoms with Crippen molar-refractivity contribution in [1.29, 1.82) is 0 Å². The van der Waals surface area contributed by atoms with Gasteiger partial charge >= 0.3 is 5.97 Å². The zero-order valence-electron chi connectivity index (χ0n) is 39.5. The van der Waals surface area contributed by atoms with E-state index in [1.807, 2.05) is 0 Å². The number of hydrogen-bond acceptors (Lipinski definition) is 5. The van der Waals surface area contributed by atoms with Crippen molar-refractivity contribution in [2.45, 2.75) is 289 Å². The number of nitrogens with one attached hydrogen (secondary N) is 1. The number of esters is 1. The van der Waals surface area contributed by atoms with Crippen LogP contribution in [0.15, 0.2) is 24.3 Å². The van der Waals surface area contributed by atoms with E-state index in [2.05, 4.69) is 43.5 Å². The second-order valence-electron chi connectivity index (χ2n) is 17.8. The summed E-state index contributed by atoms with van der Waals surface area (Å²) in [7, 11) is 0. The fraction of sp³-hybridized carbons (Fsp3) is 0.887. The average Bonchev–Trinajstić information content (AvgIpc) is 3.24. The molecule has 0 aliphatic heterocycles. The Bertz CT molecular complexity index is 920. The summed E-state index contributed by atoms with van der Waals surface area (Å²) in [5.74, 6) is -0.104. The Morgan fingerprint density at radius 2 is 0.797 bits per heavy atom. The predicted molar refractivity (Wildman–Crippen MR) is 255 cm³/mol. The fourth-order valence-electron chi connectivity index (χ4n) is 7.92. The van der Waals surface area contributed by atoms with Crippen LogP contribution >= 0.6 is 0 Å². The molecule has 348 valence electrons. The van der Waals surface area contributed by atoms with Crippen LogP contribution in [0.1, 0.15) is 277 Å². The quantitative estimate of drug-likeness (QED) is 0.0322. The first-order chi connectivity index (χ1) is 29.0. The highest BCUT2D eigenvalue weighted by Gasteiger charge is 2.20. The zero-order chi connectivity index (χ0) is 43.0. The molecule has 0 aliphatic carbocycles. The van der Waals surface area contributed by atoms with Gasteiger partial charge in [-0.1, -0.05) is 212 Å². The first-order valence-corrected chi connectivity index (χ1v) is 26.1. The molecule has 0 saturated carbocycles. The number of carbonyl (C=O) groups is 2. The molecule has 6 heteroatoms. The number of aliphatic hydroxyl groups is 2. The van der Waals surface area contributed by atoms with E-state index in [0.717, 1.165) is 83.5 Å². The third kappa shape index (κ3) is 45.7. The van der Waals surface area contributed by atoms with Crippen LogP contribution in [0.5, 0.6) is 0 Å². The lowest BCUT2D eigenvalue weighted by Gasteiger charge is -2.22. The third-order valence-corrected chi connectivity index (χ3v) is 12.0. The molecule has 0 saturated heterocycles. The normalized spacial score (nSPS) is 12.8. The maximum absolute atomic E-state index is 12.5. The number of rotatable bonds is 48. The van der Waals surface area contributed by atoms with Gasteiger partial charge in [-0.2, -0.15) is 0 Å². The summed E-state index contributed by atoms with van der Waals surface area (Å²) in [6.45, 7) is 4.86. The lowest BCUT2D eigenvalue weighted by Crippen LogP contribution is -2.45. The summed E-state index contributed by atoms with van der Waals surface area (Å²) in [6.07, 6.45) is 57.2. The SMILES string of the molecule is CCCCCC/C=C\CCCCCCCC(=O)OCCCC/C=C\CCCCCCCC(=O)NC(CO)C(O)CCCCCCCCCCCCCCCCCCCC. The molecule has 0 rings (SSSR count). The number of hydrogen-bond donors (Lipinski definition) is 3. The molecule has 0 radical (unpaired) electrons. The number of carbonyl (C=O) groups excluding carboxylic acids is 2. The largest absolute Gasteiger partial charge is 0.466 e. The lowest BCUT2D eigenvalue weighted by atomic mass is 10.0. The van der Waals surface area contributed by atoms with Gasteiger partial charge in [0.25, 0.3) is 0 Å². The molecule has 0 fully saturated rings. The highest BCUT2D eigenvalue weighted by Crippen LogP contribution is 2.16. The van der Waals surface area contributed by atoms with Gasteiger partial charge in [0.15, 0.2) is 0 Å². The van der Waals surface area contributed by atoms with Gasteiger partial charge in [-0.25, -0.2) is 0 Å². The number of aliphatic hydroxyl groups excluding tert-OH is 2. The van der Waals surface area contributed by atoms with Crippen LogP contribution in [0.2, 0.25) is 0 Å². The molecule has 0 aromatic heterocycles. The number of ether oxygens (including phenoxy) is 1. The van der Waals surface area contributed by atoms with Crippen molar-refractivity contribution in [2.75, 3.05) is 13.2 Å². The van der Waals surface area contributed by atoms with E-state index in [1.54, 1.807) is 0 Å². The van der Waals surface area contributed by atoms with Gasteiger partial charge in [-0.3, -0.25) is 9.59 Å². The monoisotopic (exact) mass is 832 g/mol. The standard InChI is InChI=1S/C53H101NO5/c1-3-5-7-9-11-13-15-17-18-19-20-21-23-25-29-33-37-41-45-51(56)50(49-55)54-52(57)46-42-38-34-30-26-24-28-32-36-40-44-48-59-53(58)47-43-39-35-31-27-22-16-14-12-10-8-6-4-2/h14,16,28,32,50-51,55-56H,3-13,15,17-27,29-31,33-49H2,1-2H3,(H,54,57)/b16-14-,32-28-. The van der Waals surface area contributed by atoms with Crippen molar-refractivity contribution in [3.05, 3.63) is 24.3 Å². The lowest BCUT2D eigenvalue weighted by molar-refractivity contribution is -0.143. The fourth-order valence-corrected chi connectivity index (χ4v) is 7.92. The second-order valence-corrected chi connectivity index (χ2v) is 17.8. The average molecular weight is 832 g/mol. The van der Waals surface area contributed by atoms with Crippen molar-refractivity contribution < 1.29 is 24.5 Å². The van der Waals surface area contributed by atoms with Crippen LogP contribution < -0.4 is 5.32 Å². The van der Waals surface area contributed by atoms with E-state index >= 15 is 0 Å². The van der Waals surface area contributed by atoms with Crippen molar-refractivity contribution in [1.82, 2.24) is 5.32 Å². The van der Waals surface area contributed by atoms with Gasteiger partial charge in [-0.05, 0) is 77.0 Å². The summed E-state index contributed by atoms with van der Waals surface area (Å²) in [5.41, 5.74) is 0. The van der Waals surface area contributed by atoms with Gasteiger partial charge in [-0.15, -0.1) is 0 Å². The van der Waals surface area contributed by atoms with Gasteiger partial charge in [0.1, 0.15) is 0 Å². The molecule has 0 aromatic rings. The third-order valence-electron chi connectivity index (χ3n) is 12.0. The van der Waals surface area contributed by atoms with E-state index in [9.17, 15) is 19.8 Å². The summed E-state index contributed by atoms with van der Waals surface area (Å²) >= 11 is 0. The number of allylic oxidation sites excluding steroid dienone is 4. The highest BCUT2D eigenvalue weighted by atomic mass is 16.5. The van der Waals surface area contributed by atoms with Gasteiger partial charge < -0.3 is 20.3 Å². The Balaban J connectivity index is 3.52. The van der Waals surface area contributed by atoms with E-state index in [0.29, 0.717) is 25.9 Å². The molecule has 0 aromatic carbocycles. The molecular formula is C53H101NO5. The van der Waals surface area contributed by atoms with Crippen LogP contribution in [0.4, 0.5) is 0 Å². The van der Waals surface area contributed by atoms with Crippen LogP contribution in [-0.2, 0) is 14.3 Å². The summed E-state index contributed by atoms with van der Waals surface area (Å²) in [5, 5.41) is 23.2.